The Morgan fingerprint density at radius 2 is 2.00 bits per heavy atom. The summed E-state index contributed by atoms with van der Waals surface area (Å²) in [5.74, 6) is 0.0147. The van der Waals surface area contributed by atoms with E-state index < -0.39 is 0 Å². The van der Waals surface area contributed by atoms with Crippen LogP contribution >= 0.6 is 22.6 Å². The molecule has 1 amide bonds. The lowest BCUT2D eigenvalue weighted by Gasteiger charge is -2.12. The number of carbonyl (C=O) groups excluding carboxylic acids is 1. The molecule has 0 aliphatic carbocycles. The number of benzene rings is 2. The van der Waals surface area contributed by atoms with Gasteiger partial charge in [0.05, 0.1) is 23.5 Å². The monoisotopic (exact) mass is 365 g/mol. The molecule has 0 bridgehead atoms. The molecule has 1 heterocycles. The number of nitrogens with two attached hydrogens (primary N) is 1. The molecule has 0 fully saturated rings. The van der Waals surface area contributed by atoms with Crippen molar-refractivity contribution >= 4 is 51.2 Å². The molecule has 0 saturated heterocycles. The molecular weight excluding hydrogens is 353 g/mol. The maximum Gasteiger partial charge on any atom is 0.228 e. The first-order chi connectivity index (χ1) is 9.13. The third-order valence-corrected chi connectivity index (χ3v) is 3.98. The molecule has 2 aromatic carbocycles. The zero-order valence-corrected chi connectivity index (χ0v) is 12.2. The van der Waals surface area contributed by atoms with E-state index in [-0.39, 0.29) is 5.91 Å². The summed E-state index contributed by atoms with van der Waals surface area (Å²) in [6.45, 7) is 0. The number of hydrogen-bond acceptors (Lipinski definition) is 3. The second-order valence-electron chi connectivity index (χ2n) is 4.43. The number of halogens is 1. The minimum atomic E-state index is 0.0147. The average molecular weight is 365 g/mol. The molecule has 0 atom stereocenters. The van der Waals surface area contributed by atoms with Crippen LogP contribution in [0.5, 0.6) is 0 Å². The van der Waals surface area contributed by atoms with Gasteiger partial charge in [-0.2, -0.15) is 0 Å². The van der Waals surface area contributed by atoms with Crippen molar-refractivity contribution in [3.05, 3.63) is 45.5 Å². The van der Waals surface area contributed by atoms with Crippen LogP contribution in [-0.4, -0.2) is 5.91 Å². The highest BCUT2D eigenvalue weighted by atomic mass is 127. The van der Waals surface area contributed by atoms with Gasteiger partial charge >= 0.3 is 0 Å². The summed E-state index contributed by atoms with van der Waals surface area (Å²) in [5, 5.41) is 6.13. The van der Waals surface area contributed by atoms with Crippen LogP contribution in [0, 0.1) is 3.57 Å². The van der Waals surface area contributed by atoms with Gasteiger partial charge in [0.2, 0.25) is 5.91 Å². The quantitative estimate of drug-likeness (QED) is 0.566. The van der Waals surface area contributed by atoms with E-state index in [9.17, 15) is 4.79 Å². The highest BCUT2D eigenvalue weighted by Crippen LogP contribution is 2.33. The van der Waals surface area contributed by atoms with Gasteiger partial charge in [-0.1, -0.05) is 12.1 Å². The highest BCUT2D eigenvalue weighted by Gasteiger charge is 2.19. The van der Waals surface area contributed by atoms with Crippen LogP contribution in [0.3, 0.4) is 0 Å². The van der Waals surface area contributed by atoms with E-state index in [2.05, 4.69) is 33.2 Å². The van der Waals surface area contributed by atoms with Crippen molar-refractivity contribution in [1.82, 2.24) is 0 Å². The largest absolute Gasteiger partial charge is 0.397 e. The third-order valence-electron chi connectivity index (χ3n) is 3.04. The van der Waals surface area contributed by atoms with Crippen LogP contribution in [0.1, 0.15) is 5.56 Å². The standard InChI is InChI=1S/C14H12IN3O/c15-9-3-1-2-4-11(9)17-13-7-12-8(5-10(13)16)6-14(19)18-12/h1-5,7,17H,6,16H2,(H,18,19). The number of nitrogen functional groups attached to an aromatic ring is 1. The van der Waals surface area contributed by atoms with Gasteiger partial charge in [-0.15, -0.1) is 0 Å². The molecule has 0 radical (unpaired) electrons. The first kappa shape index (κ1) is 12.3. The Bertz CT molecular complexity index is 670. The summed E-state index contributed by atoms with van der Waals surface area (Å²) >= 11 is 2.27. The maximum atomic E-state index is 11.4. The Balaban J connectivity index is 1.97. The summed E-state index contributed by atoms with van der Waals surface area (Å²) < 4.78 is 1.11. The fraction of sp³-hybridized carbons (Fsp3) is 0.0714. The molecule has 4 nitrogen and oxygen atoms in total. The maximum absolute atomic E-state index is 11.4. The van der Waals surface area contributed by atoms with Crippen LogP contribution in [0.2, 0.25) is 0 Å². The van der Waals surface area contributed by atoms with Crippen LogP contribution in [-0.2, 0) is 11.2 Å². The number of nitrogens with one attached hydrogen (secondary N) is 2. The predicted octanol–water partition coefficient (Wildman–Crippen LogP) is 3.11. The van der Waals surface area contributed by atoms with Crippen molar-refractivity contribution in [2.75, 3.05) is 16.4 Å². The van der Waals surface area contributed by atoms with E-state index in [1.54, 1.807) is 0 Å². The summed E-state index contributed by atoms with van der Waals surface area (Å²) in [4.78, 5) is 11.4. The van der Waals surface area contributed by atoms with Gasteiger partial charge in [0.1, 0.15) is 0 Å². The molecule has 0 spiro atoms. The van der Waals surface area contributed by atoms with Crippen LogP contribution in [0.15, 0.2) is 36.4 Å². The lowest BCUT2D eigenvalue weighted by atomic mass is 10.1. The summed E-state index contributed by atoms with van der Waals surface area (Å²) in [6.07, 6.45) is 0.405. The molecule has 3 rings (SSSR count). The van der Waals surface area contributed by atoms with E-state index in [4.69, 9.17) is 5.73 Å². The van der Waals surface area contributed by atoms with Crippen molar-refractivity contribution < 1.29 is 4.79 Å². The molecule has 1 aliphatic rings. The van der Waals surface area contributed by atoms with E-state index >= 15 is 0 Å². The van der Waals surface area contributed by atoms with Crippen LogP contribution in [0.25, 0.3) is 0 Å². The first-order valence-electron chi connectivity index (χ1n) is 5.87. The number of hydrogen-bond donors (Lipinski definition) is 3. The molecule has 4 N–H and O–H groups in total. The molecule has 1 aliphatic heterocycles. The van der Waals surface area contributed by atoms with Gasteiger partial charge in [0.25, 0.3) is 0 Å². The zero-order valence-electron chi connectivity index (χ0n) is 10.0. The molecular formula is C14H12IN3O. The van der Waals surface area contributed by atoms with E-state index in [0.29, 0.717) is 12.1 Å². The lowest BCUT2D eigenvalue weighted by Crippen LogP contribution is -2.03. The van der Waals surface area contributed by atoms with E-state index in [1.165, 1.54) is 0 Å². The van der Waals surface area contributed by atoms with Gasteiger partial charge in [0, 0.05) is 9.26 Å². The molecule has 96 valence electrons. The van der Waals surface area contributed by atoms with Gasteiger partial charge < -0.3 is 16.4 Å². The zero-order chi connectivity index (χ0) is 13.4. The Morgan fingerprint density at radius 3 is 2.79 bits per heavy atom. The Morgan fingerprint density at radius 1 is 1.21 bits per heavy atom. The number of anilines is 4. The minimum absolute atomic E-state index is 0.0147. The average Bonchev–Trinajstić information content (AvgIpc) is 2.71. The summed E-state index contributed by atoms with van der Waals surface area (Å²) in [7, 11) is 0. The number of amides is 1. The third kappa shape index (κ3) is 2.37. The minimum Gasteiger partial charge on any atom is -0.397 e. The molecule has 5 heteroatoms. The topological polar surface area (TPSA) is 67.2 Å². The smallest absolute Gasteiger partial charge is 0.228 e. The van der Waals surface area contributed by atoms with Crippen molar-refractivity contribution in [1.29, 1.82) is 0 Å². The Labute approximate surface area is 124 Å². The van der Waals surface area contributed by atoms with Gasteiger partial charge in [-0.25, -0.2) is 0 Å². The first-order valence-corrected chi connectivity index (χ1v) is 6.95. The predicted molar refractivity (Wildman–Crippen MR) is 85.6 cm³/mol. The molecule has 0 saturated carbocycles. The number of carbonyl (C=O) groups is 1. The van der Waals surface area contributed by atoms with Gasteiger partial charge in [-0.3, -0.25) is 4.79 Å². The summed E-state index contributed by atoms with van der Waals surface area (Å²) in [5.41, 5.74) is 10.3. The molecule has 2 aromatic rings. The van der Waals surface area contributed by atoms with Crippen molar-refractivity contribution in [3.8, 4) is 0 Å². The second-order valence-corrected chi connectivity index (χ2v) is 5.59. The number of fused-ring (bicyclic) bond motifs is 1. The lowest BCUT2D eigenvalue weighted by molar-refractivity contribution is -0.115. The van der Waals surface area contributed by atoms with Crippen molar-refractivity contribution in [2.45, 2.75) is 6.42 Å². The molecule has 0 unspecified atom stereocenters. The van der Waals surface area contributed by atoms with Crippen LogP contribution in [0.4, 0.5) is 22.7 Å². The summed E-state index contributed by atoms with van der Waals surface area (Å²) in [6, 6.07) is 11.7. The SMILES string of the molecule is Nc1cc2c(cc1Nc1ccccc1I)NC(=O)C2. The number of rotatable bonds is 2. The second kappa shape index (κ2) is 4.73. The Kier molecular flexibility index (Phi) is 3.06. The fourth-order valence-corrected chi connectivity index (χ4v) is 2.63. The van der Waals surface area contributed by atoms with Crippen molar-refractivity contribution in [3.63, 3.8) is 0 Å². The van der Waals surface area contributed by atoms with Gasteiger partial charge in [0.15, 0.2) is 0 Å². The molecule has 19 heavy (non-hydrogen) atoms. The number of para-hydroxylation sites is 1. The van der Waals surface area contributed by atoms with Gasteiger partial charge in [-0.05, 0) is 52.4 Å². The van der Waals surface area contributed by atoms with E-state index in [0.717, 1.165) is 26.2 Å². The van der Waals surface area contributed by atoms with E-state index in [1.807, 2.05) is 36.4 Å². The normalized spacial score (nSPS) is 13.0. The van der Waals surface area contributed by atoms with Crippen molar-refractivity contribution in [2.24, 2.45) is 0 Å². The molecule has 0 aromatic heterocycles. The fourth-order valence-electron chi connectivity index (χ4n) is 2.11. The van der Waals surface area contributed by atoms with Crippen LogP contribution < -0.4 is 16.4 Å². The Hall–Kier alpha value is -1.76. The highest BCUT2D eigenvalue weighted by molar-refractivity contribution is 14.1.